The predicted octanol–water partition coefficient (Wildman–Crippen LogP) is 3.56. The number of carbonyl (C=O) groups excluding carboxylic acids is 2. The fourth-order valence-electron chi connectivity index (χ4n) is 5.38. The van der Waals surface area contributed by atoms with Crippen LogP contribution in [0.25, 0.3) is 0 Å². The van der Waals surface area contributed by atoms with Crippen LogP contribution in [-0.2, 0) is 9.59 Å². The molecule has 1 aromatic rings. The Kier molecular flexibility index (Phi) is 8.95. The lowest BCUT2D eigenvalue weighted by Gasteiger charge is -2.45. The lowest BCUT2D eigenvalue weighted by Crippen LogP contribution is -2.51. The van der Waals surface area contributed by atoms with Crippen molar-refractivity contribution in [2.24, 2.45) is 29.4 Å². The van der Waals surface area contributed by atoms with E-state index < -0.39 is 0 Å². The van der Waals surface area contributed by atoms with Gasteiger partial charge in [-0.25, -0.2) is 4.98 Å². The first-order valence-electron chi connectivity index (χ1n) is 10.8. The number of hydrogen-bond acceptors (Lipinski definition) is 4. The zero-order valence-corrected chi connectivity index (χ0v) is 19.2. The first kappa shape index (κ1) is 24.9. The van der Waals surface area contributed by atoms with E-state index in [9.17, 15) is 9.59 Å². The van der Waals surface area contributed by atoms with Gasteiger partial charge in [0.2, 0.25) is 11.8 Å². The molecule has 8 heteroatoms. The quantitative estimate of drug-likeness (QED) is 0.727. The molecule has 2 amide bonds. The number of likely N-dealkylation sites (tertiary alicyclic amines) is 1. The molecule has 168 valence electrons. The maximum atomic E-state index is 13.1. The lowest BCUT2D eigenvalue weighted by molar-refractivity contribution is -0.141. The number of aromatic nitrogens is 1. The molecular formula is C22H34Cl2N4O2. The minimum absolute atomic E-state index is 0. The zero-order valence-electron chi connectivity index (χ0n) is 17.6. The molecule has 1 saturated heterocycles. The summed E-state index contributed by atoms with van der Waals surface area (Å²) in [6, 6.07) is 4.06. The van der Waals surface area contributed by atoms with Crippen molar-refractivity contribution in [2.45, 2.75) is 57.9 Å². The third-order valence-electron chi connectivity index (χ3n) is 7.10. The molecule has 2 atom stereocenters. The first-order chi connectivity index (χ1) is 13.5. The van der Waals surface area contributed by atoms with Crippen LogP contribution >= 0.6 is 24.8 Å². The van der Waals surface area contributed by atoms with E-state index in [1.807, 2.05) is 24.0 Å². The van der Waals surface area contributed by atoms with E-state index in [1.165, 1.54) is 19.3 Å². The molecule has 3 aliphatic rings. The van der Waals surface area contributed by atoms with Gasteiger partial charge >= 0.3 is 0 Å². The maximum absolute atomic E-state index is 13.1. The zero-order chi connectivity index (χ0) is 19.7. The van der Waals surface area contributed by atoms with Crippen molar-refractivity contribution in [1.82, 2.24) is 9.88 Å². The molecule has 6 nitrogen and oxygen atoms in total. The summed E-state index contributed by atoms with van der Waals surface area (Å²) >= 11 is 0. The lowest BCUT2D eigenvalue weighted by atomic mass is 9.65. The van der Waals surface area contributed by atoms with Crippen LogP contribution in [-0.4, -0.2) is 40.8 Å². The highest BCUT2D eigenvalue weighted by Crippen LogP contribution is 2.42. The second kappa shape index (κ2) is 10.8. The molecule has 2 aliphatic carbocycles. The second-order valence-electron chi connectivity index (χ2n) is 9.01. The van der Waals surface area contributed by atoms with E-state index in [1.54, 1.807) is 6.20 Å². The van der Waals surface area contributed by atoms with Crippen molar-refractivity contribution < 1.29 is 9.59 Å². The van der Waals surface area contributed by atoms with Gasteiger partial charge in [-0.2, -0.15) is 0 Å². The average Bonchev–Trinajstić information content (AvgIpc) is 2.69. The summed E-state index contributed by atoms with van der Waals surface area (Å²) in [7, 11) is 0. The minimum atomic E-state index is -0.0497. The molecular weight excluding hydrogens is 423 g/mol. The van der Waals surface area contributed by atoms with Crippen LogP contribution in [0.5, 0.6) is 0 Å². The number of anilines is 1. The number of fused-ring (bicyclic) bond motifs is 2. The van der Waals surface area contributed by atoms with Gasteiger partial charge in [-0.3, -0.25) is 9.59 Å². The Morgan fingerprint density at radius 2 is 1.67 bits per heavy atom. The topological polar surface area (TPSA) is 88.3 Å². The summed E-state index contributed by atoms with van der Waals surface area (Å²) in [5, 5.41) is 2.91. The summed E-state index contributed by atoms with van der Waals surface area (Å²) in [6.45, 7) is 3.32. The van der Waals surface area contributed by atoms with E-state index in [0.29, 0.717) is 42.7 Å². The normalized spacial score (nSPS) is 28.7. The Morgan fingerprint density at radius 3 is 2.23 bits per heavy atom. The summed E-state index contributed by atoms with van der Waals surface area (Å²) in [5.41, 5.74) is 7.44. The first-order valence-corrected chi connectivity index (χ1v) is 10.8. The van der Waals surface area contributed by atoms with E-state index in [2.05, 4.69) is 10.3 Å². The van der Waals surface area contributed by atoms with E-state index in [-0.39, 0.29) is 42.6 Å². The third-order valence-corrected chi connectivity index (χ3v) is 7.10. The molecule has 30 heavy (non-hydrogen) atoms. The molecule has 2 heterocycles. The summed E-state index contributed by atoms with van der Waals surface area (Å²) in [6.07, 6.45) is 8.73. The minimum Gasteiger partial charge on any atom is -0.342 e. The number of aryl methyl sites for hydroxylation is 1. The van der Waals surface area contributed by atoms with Gasteiger partial charge in [0.1, 0.15) is 5.82 Å². The predicted molar refractivity (Wildman–Crippen MR) is 123 cm³/mol. The molecule has 4 rings (SSSR count). The average molecular weight is 457 g/mol. The van der Waals surface area contributed by atoms with E-state index in [4.69, 9.17) is 5.73 Å². The van der Waals surface area contributed by atoms with Crippen molar-refractivity contribution in [3.05, 3.63) is 23.9 Å². The summed E-state index contributed by atoms with van der Waals surface area (Å²) in [5.74, 6) is 2.03. The van der Waals surface area contributed by atoms with Crippen molar-refractivity contribution in [3.8, 4) is 0 Å². The van der Waals surface area contributed by atoms with Gasteiger partial charge in [-0.15, -0.1) is 24.8 Å². The van der Waals surface area contributed by atoms with Crippen LogP contribution in [0.4, 0.5) is 5.82 Å². The van der Waals surface area contributed by atoms with Crippen molar-refractivity contribution in [2.75, 3.05) is 18.4 Å². The SMILES string of the molecule is Cc1ccc(NC(=O)C2CCN(C(=O)C3CC4CCCC(C3)C4N)CC2)nc1.Cl.Cl. The van der Waals surface area contributed by atoms with Crippen molar-refractivity contribution in [1.29, 1.82) is 0 Å². The Hall–Kier alpha value is -1.37. The monoisotopic (exact) mass is 456 g/mol. The molecule has 2 saturated carbocycles. The molecule has 2 bridgehead atoms. The largest absolute Gasteiger partial charge is 0.342 e. The number of rotatable bonds is 3. The van der Waals surface area contributed by atoms with Crippen molar-refractivity contribution in [3.63, 3.8) is 0 Å². The highest BCUT2D eigenvalue weighted by molar-refractivity contribution is 5.92. The van der Waals surface area contributed by atoms with Gasteiger partial charge in [-0.05, 0) is 68.9 Å². The maximum Gasteiger partial charge on any atom is 0.228 e. The van der Waals surface area contributed by atoms with E-state index in [0.717, 1.165) is 31.2 Å². The molecule has 0 spiro atoms. The number of carbonyl (C=O) groups is 2. The fourth-order valence-corrected chi connectivity index (χ4v) is 5.38. The summed E-state index contributed by atoms with van der Waals surface area (Å²) < 4.78 is 0. The number of halogens is 2. The summed E-state index contributed by atoms with van der Waals surface area (Å²) in [4.78, 5) is 31.8. The molecule has 1 aliphatic heterocycles. The number of hydrogen-bond donors (Lipinski definition) is 2. The van der Waals surface area contributed by atoms with Gasteiger partial charge in [0.25, 0.3) is 0 Å². The number of amides is 2. The highest BCUT2D eigenvalue weighted by atomic mass is 35.5. The highest BCUT2D eigenvalue weighted by Gasteiger charge is 2.42. The Morgan fingerprint density at radius 1 is 1.03 bits per heavy atom. The van der Waals surface area contributed by atoms with Crippen LogP contribution in [0.2, 0.25) is 0 Å². The van der Waals surface area contributed by atoms with Crippen LogP contribution in [0.1, 0.15) is 50.5 Å². The van der Waals surface area contributed by atoms with Crippen LogP contribution in [0, 0.1) is 30.6 Å². The molecule has 1 aromatic heterocycles. The molecule has 3 fully saturated rings. The number of piperidine rings is 1. The third kappa shape index (κ3) is 5.45. The Balaban J connectivity index is 0.00000160. The van der Waals surface area contributed by atoms with Gasteiger partial charge in [0.05, 0.1) is 0 Å². The van der Waals surface area contributed by atoms with Gasteiger partial charge < -0.3 is 16.0 Å². The Bertz CT molecular complexity index is 708. The smallest absolute Gasteiger partial charge is 0.228 e. The molecule has 2 unspecified atom stereocenters. The molecule has 0 aromatic carbocycles. The van der Waals surface area contributed by atoms with Crippen molar-refractivity contribution >= 4 is 42.4 Å². The van der Waals surface area contributed by atoms with Gasteiger partial charge in [0, 0.05) is 37.2 Å². The molecule has 3 N–H and O–H groups in total. The second-order valence-corrected chi connectivity index (χ2v) is 9.01. The Labute approximate surface area is 191 Å². The van der Waals surface area contributed by atoms with Crippen LogP contribution in [0.3, 0.4) is 0 Å². The number of nitrogens with zero attached hydrogens (tertiary/aromatic N) is 2. The standard InChI is InChI=1S/C22H32N4O2.2ClH/c1-14-5-6-19(24-13-14)25-21(27)15-7-9-26(10-8-15)22(28)18-11-16-3-2-4-17(12-18)20(16)23;;/h5-6,13,15-18,20H,2-4,7-12,23H2,1H3,(H,24,25,27);2*1H. The number of nitrogens with one attached hydrogen (secondary N) is 1. The van der Waals surface area contributed by atoms with Crippen LogP contribution < -0.4 is 11.1 Å². The molecule has 0 radical (unpaired) electrons. The number of pyridine rings is 1. The van der Waals surface area contributed by atoms with Gasteiger partial charge in [0.15, 0.2) is 0 Å². The van der Waals surface area contributed by atoms with E-state index >= 15 is 0 Å². The fraction of sp³-hybridized carbons (Fsp3) is 0.682. The van der Waals surface area contributed by atoms with Crippen LogP contribution in [0.15, 0.2) is 18.3 Å². The van der Waals surface area contributed by atoms with Gasteiger partial charge in [-0.1, -0.05) is 12.5 Å². The number of nitrogens with two attached hydrogens (primary N) is 1.